The maximum Gasteiger partial charge on any atom is 0.219 e. The average Bonchev–Trinajstić information content (AvgIpc) is 1.15. The molecule has 144 heavy (non-hydrogen) atoms. The first-order chi connectivity index (χ1) is 68.9. The number of ketones is 4. The lowest BCUT2D eigenvalue weighted by atomic mass is 9.70. The van der Waals surface area contributed by atoms with Gasteiger partial charge in [0.15, 0.2) is 23.1 Å². The Morgan fingerprint density at radius 2 is 0.708 bits per heavy atom. The highest BCUT2D eigenvalue weighted by atomic mass is 19.2. The van der Waals surface area contributed by atoms with Crippen molar-refractivity contribution in [1.82, 2.24) is 59.8 Å². The van der Waals surface area contributed by atoms with Gasteiger partial charge in [0.1, 0.15) is 121 Å². The summed E-state index contributed by atoms with van der Waals surface area (Å²) in [5.74, 6) is -13.4. The molecule has 2 saturated carbocycles. The number of halogens is 12. The number of hydrogen-bond donors (Lipinski definition) is 5. The second kappa shape index (κ2) is 46.3. The summed E-state index contributed by atoms with van der Waals surface area (Å²) >= 11 is 0. The minimum absolute atomic E-state index is 0.0516. The summed E-state index contributed by atoms with van der Waals surface area (Å²) in [7, 11) is 1.74. The zero-order chi connectivity index (χ0) is 103. The van der Waals surface area contributed by atoms with Gasteiger partial charge in [-0.25, -0.2) is 77.3 Å². The Kier molecular flexibility index (Phi) is 33.7. The molecule has 11 heterocycles. The molecule has 9 aromatic heterocycles. The molecule has 2 saturated heterocycles. The van der Waals surface area contributed by atoms with Crippen LogP contribution in [0, 0.1) is 128 Å². The third-order valence-electron chi connectivity index (χ3n) is 26.7. The van der Waals surface area contributed by atoms with Crippen LogP contribution >= 0.6 is 0 Å². The van der Waals surface area contributed by atoms with Crippen molar-refractivity contribution in [2.45, 2.75) is 141 Å². The number of rotatable bonds is 23. The molecule has 9 N–H and O–H groups in total. The third kappa shape index (κ3) is 23.6. The van der Waals surface area contributed by atoms with Crippen LogP contribution in [0.2, 0.25) is 0 Å². The zero-order valence-corrected chi connectivity index (χ0v) is 78.8. The number of piperidine rings is 2. The van der Waals surface area contributed by atoms with Gasteiger partial charge in [0.2, 0.25) is 5.91 Å². The highest BCUT2D eigenvalue weighted by Gasteiger charge is 2.42. The number of aliphatic hydroxyl groups excluding tert-OH is 1. The number of benzene rings is 4. The normalized spacial score (nSPS) is 20.8. The number of Topliss-reactive ketones (excluding diaryl/α,β-unsaturated/α-hetero) is 4. The summed E-state index contributed by atoms with van der Waals surface area (Å²) in [6.45, 7) is 11.5. The van der Waals surface area contributed by atoms with Gasteiger partial charge in [-0.15, -0.1) is 5.10 Å². The molecule has 2 aliphatic heterocycles. The van der Waals surface area contributed by atoms with Crippen molar-refractivity contribution in [1.29, 1.82) is 10.5 Å². The molecule has 26 nitrogen and oxygen atoms in total. The van der Waals surface area contributed by atoms with Crippen LogP contribution in [-0.2, 0) is 37.1 Å². The molecule has 2 aliphatic carbocycles. The van der Waals surface area contributed by atoms with Gasteiger partial charge >= 0.3 is 0 Å². The second-order valence-electron chi connectivity index (χ2n) is 36.5. The van der Waals surface area contributed by atoms with Crippen molar-refractivity contribution in [3.63, 3.8) is 0 Å². The van der Waals surface area contributed by atoms with Gasteiger partial charge in [-0.05, 0) is 205 Å². The van der Waals surface area contributed by atoms with E-state index in [4.69, 9.17) is 22.9 Å². The van der Waals surface area contributed by atoms with Gasteiger partial charge in [0.05, 0.1) is 71.1 Å². The van der Waals surface area contributed by atoms with E-state index in [-0.39, 0.29) is 145 Å². The number of nitrogens with two attached hydrogens (primary N) is 4. The molecule has 0 unspecified atom stereocenters. The molecule has 0 spiro atoms. The zero-order valence-electron chi connectivity index (χ0n) is 78.8. The number of anilines is 2. The van der Waals surface area contributed by atoms with Crippen LogP contribution in [0.3, 0.4) is 0 Å². The van der Waals surface area contributed by atoms with E-state index in [0.29, 0.717) is 67.0 Å². The molecule has 13 aromatic rings. The van der Waals surface area contributed by atoms with Crippen molar-refractivity contribution >= 4 is 40.4 Å². The SMILES string of the molecule is CC(=O)N(C)[C@@H]1[C@H](N)CN(c2ccncc2CC(=O)c2ccc(F)c(-c3c(F)cccc3F)n2)C[C@@H]1C.C[C@@H]1C[C@H](c2ccncc2CC(=O)c2ccc(F)c(-c3c(F)cccc3F)n2)C[C@H](N)[C@@H]1C#N.C[C@H]1CN(c2ccncc2CC(=O)c2ccc(F)c(-c3c(F)cccc3F)n2)C[C@@H](N)[C@H]1n1cc(CO)nn1.C[C@H]1C[C@@H](c2ccncc2CC(=O)c2ccc(F)c(-c3c(F)cccc3F)n2)C[C@@H](N)[C@H]1C#N. The lowest BCUT2D eigenvalue weighted by Gasteiger charge is -2.46. The van der Waals surface area contributed by atoms with Crippen LogP contribution in [0.25, 0.3) is 45.0 Å². The Morgan fingerprint density at radius 1 is 0.396 bits per heavy atom. The molecule has 4 fully saturated rings. The van der Waals surface area contributed by atoms with E-state index >= 15 is 0 Å². The predicted octanol–water partition coefficient (Wildman–Crippen LogP) is 16.6. The van der Waals surface area contributed by atoms with E-state index in [1.54, 1.807) is 84.5 Å². The monoisotopic (exact) mass is 1980 g/mol. The fraction of sp³-hybridized carbons (Fsp3) is 0.311. The summed E-state index contributed by atoms with van der Waals surface area (Å²) in [5.41, 5.74) is 26.7. The van der Waals surface area contributed by atoms with E-state index in [1.807, 2.05) is 39.8 Å². The highest BCUT2D eigenvalue weighted by Crippen LogP contribution is 2.44. The predicted molar refractivity (Wildman–Crippen MR) is 510 cm³/mol. The average molecular weight is 1980 g/mol. The van der Waals surface area contributed by atoms with Gasteiger partial charge in [-0.3, -0.25) is 43.9 Å². The van der Waals surface area contributed by atoms with Crippen molar-refractivity contribution in [2.75, 3.05) is 43.0 Å². The number of hydrogen-bond acceptors (Lipinski definition) is 24. The minimum Gasteiger partial charge on any atom is -0.390 e. The lowest BCUT2D eigenvalue weighted by Crippen LogP contribution is -2.62. The van der Waals surface area contributed by atoms with Gasteiger partial charge < -0.3 is 42.7 Å². The number of nitriles is 2. The van der Waals surface area contributed by atoms with Crippen molar-refractivity contribution in [3.8, 4) is 57.2 Å². The van der Waals surface area contributed by atoms with E-state index in [1.165, 1.54) is 55.5 Å². The molecule has 0 bridgehead atoms. The summed E-state index contributed by atoms with van der Waals surface area (Å²) in [5, 5.41) is 36.2. The smallest absolute Gasteiger partial charge is 0.219 e. The Hall–Kier alpha value is -15.1. The molecule has 14 atom stereocenters. The van der Waals surface area contributed by atoms with Crippen LogP contribution < -0.4 is 32.7 Å². The summed E-state index contributed by atoms with van der Waals surface area (Å²) in [4.78, 5) is 103. The molecular formula is C106H100F12N20O6. The molecule has 38 heteroatoms. The molecule has 0 radical (unpaired) electrons. The Labute approximate surface area is 820 Å². The summed E-state index contributed by atoms with van der Waals surface area (Å²) in [6.07, 6.45) is 16.9. The van der Waals surface area contributed by atoms with Gasteiger partial charge in [0, 0.05) is 162 Å². The first kappa shape index (κ1) is 105. The molecule has 1 amide bonds. The third-order valence-corrected chi connectivity index (χ3v) is 26.7. The highest BCUT2D eigenvalue weighted by molar-refractivity contribution is 5.99. The lowest BCUT2D eigenvalue weighted by molar-refractivity contribution is -0.131. The number of carbonyl (C=O) groups is 5. The number of likely N-dealkylation sites (N-methyl/N-ethyl adjacent to an activating group) is 1. The summed E-state index contributed by atoms with van der Waals surface area (Å²) in [6, 6.07) is 31.8. The number of aromatic nitrogens is 11. The Balaban J connectivity index is 0.000000152. The van der Waals surface area contributed by atoms with Gasteiger partial charge in [-0.2, -0.15) is 10.5 Å². The number of pyridine rings is 8. The van der Waals surface area contributed by atoms with E-state index in [2.05, 4.69) is 72.1 Å². The number of carbonyl (C=O) groups excluding carboxylic acids is 5. The summed E-state index contributed by atoms with van der Waals surface area (Å²) < 4.78 is 173. The number of aliphatic hydroxyl groups is 1. The number of amides is 1. The van der Waals surface area contributed by atoms with E-state index in [0.717, 1.165) is 108 Å². The van der Waals surface area contributed by atoms with Crippen LogP contribution in [0.5, 0.6) is 0 Å². The van der Waals surface area contributed by atoms with Crippen molar-refractivity contribution < 1.29 is 81.8 Å². The fourth-order valence-corrected chi connectivity index (χ4v) is 19.8. The van der Waals surface area contributed by atoms with Crippen molar-refractivity contribution in [3.05, 3.63) is 333 Å². The first-order valence-corrected chi connectivity index (χ1v) is 46.3. The maximum absolute atomic E-state index is 14.5. The standard InChI is InChI=1S/C27H26F3N7O2.C27H28F3N5O2.2C26H23F3N4O/c1-15-11-36(13-21(31)27(15)37-12-17(14-38)34-35-37)23-7-8-32-10-16(23)9-24(39)22-6-5-20(30)26(33-22)25-18(28)3-2-4-19(25)29;1-15-13-35(14-21(31)27(15)34(3)16(2)36)23-9-10-32-12-17(23)11-24(37)22-8-7-20(30)26(33-22)25-18(28)5-4-6-19(25)29;2*1-14-9-15(10-22(31)18(14)12-30)17-7-8-32-13-16(17)11-24(34)23-6-5-21(29)26(33-23)25-19(27)3-2-4-20(25)28/h2-8,10,12,15,21,27,38H,9,11,13-14,31H2,1H3;4-10,12,15,21,27H,11,13-14,31H2,1-3H3;2*2-8,13-15,18,22H,9-11,31H2,1H3/t2*15-,21+,27-;2*14-,15+,18-,22+/m0010/s1. The quantitative estimate of drug-likeness (QED) is 0.0293. The molecule has 4 aliphatic rings. The molecule has 4 aromatic carbocycles. The maximum atomic E-state index is 14.5. The Bertz CT molecular complexity index is 6710. The van der Waals surface area contributed by atoms with Gasteiger partial charge in [0.25, 0.3) is 0 Å². The largest absolute Gasteiger partial charge is 0.390 e. The Morgan fingerprint density at radius 3 is 1.01 bits per heavy atom. The second-order valence-corrected chi connectivity index (χ2v) is 36.5. The molecule has 17 rings (SSSR count). The molecular weight excluding hydrogens is 1880 g/mol. The van der Waals surface area contributed by atoms with Crippen molar-refractivity contribution in [2.24, 2.45) is 58.4 Å². The fourth-order valence-electron chi connectivity index (χ4n) is 19.8. The van der Waals surface area contributed by atoms with Crippen LogP contribution in [0.1, 0.15) is 159 Å². The van der Waals surface area contributed by atoms with Gasteiger partial charge in [-0.1, -0.05) is 57.2 Å². The molecule has 744 valence electrons. The van der Waals surface area contributed by atoms with Crippen LogP contribution in [0.4, 0.5) is 64.1 Å². The van der Waals surface area contributed by atoms with E-state index in [9.17, 15) is 92.3 Å². The van der Waals surface area contributed by atoms with Crippen LogP contribution in [-0.4, -0.2) is 157 Å². The van der Waals surface area contributed by atoms with Crippen LogP contribution in [0.15, 0.2) is 201 Å². The minimum atomic E-state index is -0.979. The number of nitrogens with zero attached hydrogens (tertiary/aromatic N) is 16. The van der Waals surface area contributed by atoms with E-state index < -0.39 is 138 Å². The first-order valence-electron chi connectivity index (χ1n) is 46.3. The topological polar surface area (TPSA) is 401 Å².